The summed E-state index contributed by atoms with van der Waals surface area (Å²) in [5.74, 6) is -0.247. The number of carbonyl (C=O) groups excluding carboxylic acids is 1. The van der Waals surface area contributed by atoms with E-state index in [4.69, 9.17) is 5.11 Å². The van der Waals surface area contributed by atoms with Crippen molar-refractivity contribution in [1.29, 1.82) is 0 Å². The third-order valence-electron chi connectivity index (χ3n) is 3.16. The van der Waals surface area contributed by atoms with Gasteiger partial charge in [0, 0.05) is 17.6 Å². The van der Waals surface area contributed by atoms with Gasteiger partial charge in [-0.25, -0.2) is 9.78 Å². The number of nitrogens with zero attached hydrogens (tertiary/aromatic N) is 2. The molecule has 0 saturated carbocycles. The summed E-state index contributed by atoms with van der Waals surface area (Å²) in [4.78, 5) is 28.9. The molecule has 0 radical (unpaired) electrons. The second-order valence-corrected chi connectivity index (χ2v) is 5.52. The van der Waals surface area contributed by atoms with Crippen molar-refractivity contribution in [3.8, 4) is 0 Å². The van der Waals surface area contributed by atoms with Crippen molar-refractivity contribution in [3.05, 3.63) is 16.1 Å². The van der Waals surface area contributed by atoms with Crippen molar-refractivity contribution >= 4 is 23.4 Å². The predicted molar refractivity (Wildman–Crippen MR) is 69.2 cm³/mol. The zero-order valence-electron chi connectivity index (χ0n) is 10.7. The normalized spacial score (nSPS) is 18.6. The van der Waals surface area contributed by atoms with Crippen molar-refractivity contribution in [2.45, 2.75) is 31.7 Å². The zero-order valence-corrected chi connectivity index (χ0v) is 11.5. The van der Waals surface area contributed by atoms with Crippen molar-refractivity contribution in [1.82, 2.24) is 9.88 Å². The zero-order chi connectivity index (χ0) is 13.8. The summed E-state index contributed by atoms with van der Waals surface area (Å²) in [7, 11) is 1.36. The van der Waals surface area contributed by atoms with Crippen molar-refractivity contribution in [2.75, 3.05) is 13.7 Å². The van der Waals surface area contributed by atoms with Gasteiger partial charge in [0.1, 0.15) is 5.01 Å². The van der Waals surface area contributed by atoms with Crippen LogP contribution >= 0.6 is 11.3 Å². The molecule has 1 N–H and O–H groups in total. The highest BCUT2D eigenvalue weighted by atomic mass is 32.1. The second kappa shape index (κ2) is 6.01. The Morgan fingerprint density at radius 2 is 2.42 bits per heavy atom. The Bertz CT molecular complexity index is 474. The Kier molecular flexibility index (Phi) is 4.36. The predicted octanol–water partition coefficient (Wildman–Crippen LogP) is 2.06. The van der Waals surface area contributed by atoms with Crippen molar-refractivity contribution in [2.24, 2.45) is 0 Å². The maximum Gasteiger partial charge on any atom is 0.407 e. The van der Waals surface area contributed by atoms with E-state index in [0.717, 1.165) is 22.7 Å². The maximum absolute atomic E-state index is 11.1. The first-order chi connectivity index (χ1) is 9.11. The van der Waals surface area contributed by atoms with Crippen LogP contribution in [-0.4, -0.2) is 40.7 Å². The molecule has 104 valence electrons. The third-order valence-corrected chi connectivity index (χ3v) is 4.32. The minimum absolute atomic E-state index is 0.130. The number of amides is 1. The molecule has 0 spiro atoms. The average molecular weight is 284 g/mol. The first-order valence-electron chi connectivity index (χ1n) is 6.13. The van der Waals surface area contributed by atoms with E-state index in [2.05, 4.69) is 9.72 Å². The number of likely N-dealkylation sites (tertiary alicyclic amines) is 1. The fourth-order valence-electron chi connectivity index (χ4n) is 2.17. The first-order valence-corrected chi connectivity index (χ1v) is 6.94. The Morgan fingerprint density at radius 1 is 1.63 bits per heavy atom. The van der Waals surface area contributed by atoms with Gasteiger partial charge in [-0.1, -0.05) is 0 Å². The van der Waals surface area contributed by atoms with E-state index in [9.17, 15) is 9.59 Å². The fourth-order valence-corrected chi connectivity index (χ4v) is 3.24. The Hall–Kier alpha value is -1.63. The number of thiazole rings is 1. The number of methoxy groups -OCH3 is 1. The molecule has 1 aromatic heterocycles. The number of ether oxygens (including phenoxy) is 1. The number of aromatic nitrogens is 1. The number of rotatable bonds is 4. The molecule has 1 aromatic rings. The lowest BCUT2D eigenvalue weighted by atomic mass is 10.2. The summed E-state index contributed by atoms with van der Waals surface area (Å²) in [5, 5.41) is 9.92. The average Bonchev–Trinajstić information content (AvgIpc) is 3.03. The fraction of sp³-hybridized carbons (Fsp3) is 0.583. The first kappa shape index (κ1) is 13.8. The number of aryl methyl sites for hydroxylation is 1. The van der Waals surface area contributed by atoms with Gasteiger partial charge >= 0.3 is 12.1 Å². The van der Waals surface area contributed by atoms with Gasteiger partial charge in [0.15, 0.2) is 0 Å². The van der Waals surface area contributed by atoms with Crippen LogP contribution in [0.2, 0.25) is 0 Å². The molecule has 1 saturated heterocycles. The summed E-state index contributed by atoms with van der Waals surface area (Å²) in [6, 6.07) is -0.130. The Labute approximate surface area is 115 Å². The highest BCUT2D eigenvalue weighted by molar-refractivity contribution is 7.11. The highest BCUT2D eigenvalue weighted by Gasteiger charge is 2.31. The highest BCUT2D eigenvalue weighted by Crippen LogP contribution is 2.34. The van der Waals surface area contributed by atoms with Crippen LogP contribution in [0.15, 0.2) is 6.20 Å². The number of carboxylic acid groups (broad SMARTS) is 1. The molecule has 1 fully saturated rings. The molecule has 1 aliphatic heterocycles. The van der Waals surface area contributed by atoms with Gasteiger partial charge in [0.2, 0.25) is 0 Å². The van der Waals surface area contributed by atoms with E-state index >= 15 is 0 Å². The van der Waals surface area contributed by atoms with Crippen LogP contribution in [0.3, 0.4) is 0 Å². The molecule has 0 aromatic carbocycles. The van der Waals surface area contributed by atoms with Gasteiger partial charge in [-0.15, -0.1) is 11.3 Å². The minimum atomic E-state index is -0.895. The molecule has 2 rings (SSSR count). The van der Waals surface area contributed by atoms with Crippen LogP contribution in [0.25, 0.3) is 0 Å². The van der Waals surface area contributed by atoms with Gasteiger partial charge in [-0.2, -0.15) is 0 Å². The molecule has 6 nitrogen and oxygen atoms in total. The Morgan fingerprint density at radius 3 is 3.11 bits per heavy atom. The van der Waals surface area contributed by atoms with Crippen LogP contribution in [0, 0.1) is 0 Å². The second-order valence-electron chi connectivity index (χ2n) is 4.37. The van der Waals surface area contributed by atoms with Crippen molar-refractivity contribution < 1.29 is 19.4 Å². The van der Waals surface area contributed by atoms with Crippen LogP contribution in [0.5, 0.6) is 0 Å². The van der Waals surface area contributed by atoms with E-state index in [-0.39, 0.29) is 12.0 Å². The summed E-state index contributed by atoms with van der Waals surface area (Å²) < 4.78 is 4.59. The van der Waals surface area contributed by atoms with Crippen LogP contribution in [0.4, 0.5) is 4.79 Å². The SMILES string of the molecule is COC(=O)CCc1cnc(C2CCCN2C(=O)O)s1. The molecule has 19 heavy (non-hydrogen) atoms. The van der Waals surface area contributed by atoms with Gasteiger partial charge in [-0.3, -0.25) is 9.69 Å². The van der Waals surface area contributed by atoms with E-state index in [1.54, 1.807) is 6.20 Å². The smallest absolute Gasteiger partial charge is 0.407 e. The summed E-state index contributed by atoms with van der Waals surface area (Å²) in [6.45, 7) is 0.567. The topological polar surface area (TPSA) is 79.7 Å². The van der Waals surface area contributed by atoms with E-state index in [1.165, 1.54) is 23.3 Å². The lowest BCUT2D eigenvalue weighted by Gasteiger charge is -2.18. The molecular formula is C12H16N2O4S. The molecule has 1 unspecified atom stereocenters. The number of carbonyl (C=O) groups is 2. The molecule has 1 amide bonds. The number of hydrogen-bond acceptors (Lipinski definition) is 5. The molecule has 2 heterocycles. The molecule has 1 aliphatic rings. The lowest BCUT2D eigenvalue weighted by Crippen LogP contribution is -2.28. The van der Waals surface area contributed by atoms with Gasteiger partial charge in [0.05, 0.1) is 19.6 Å². The van der Waals surface area contributed by atoms with E-state index in [1.807, 2.05) is 0 Å². The third kappa shape index (κ3) is 3.23. The van der Waals surface area contributed by atoms with E-state index in [0.29, 0.717) is 19.4 Å². The van der Waals surface area contributed by atoms with Crippen LogP contribution in [-0.2, 0) is 16.0 Å². The summed E-state index contributed by atoms with van der Waals surface area (Å²) in [5.41, 5.74) is 0. The standard InChI is InChI=1S/C12H16N2O4S/c1-18-10(15)5-4-8-7-13-11(19-8)9-3-2-6-14(9)12(16)17/h7,9H,2-6H2,1H3,(H,16,17). The summed E-state index contributed by atoms with van der Waals surface area (Å²) in [6.07, 6.45) is 3.43. The van der Waals surface area contributed by atoms with E-state index < -0.39 is 6.09 Å². The molecule has 7 heteroatoms. The lowest BCUT2D eigenvalue weighted by molar-refractivity contribution is -0.140. The molecule has 0 bridgehead atoms. The summed E-state index contributed by atoms with van der Waals surface area (Å²) >= 11 is 1.48. The van der Waals surface area contributed by atoms with Gasteiger partial charge in [-0.05, 0) is 19.3 Å². The minimum Gasteiger partial charge on any atom is -0.469 e. The molecule has 0 aliphatic carbocycles. The quantitative estimate of drug-likeness (QED) is 0.856. The van der Waals surface area contributed by atoms with Gasteiger partial charge < -0.3 is 9.84 Å². The number of hydrogen-bond donors (Lipinski definition) is 1. The van der Waals surface area contributed by atoms with Crippen LogP contribution in [0.1, 0.15) is 35.2 Å². The molecule has 1 atom stereocenters. The maximum atomic E-state index is 11.1. The van der Waals surface area contributed by atoms with Crippen molar-refractivity contribution in [3.63, 3.8) is 0 Å². The van der Waals surface area contributed by atoms with Gasteiger partial charge in [0.25, 0.3) is 0 Å². The number of esters is 1. The Balaban J connectivity index is 2.00. The monoisotopic (exact) mass is 284 g/mol. The van der Waals surface area contributed by atoms with Crippen LogP contribution < -0.4 is 0 Å². The largest absolute Gasteiger partial charge is 0.469 e. The molecular weight excluding hydrogens is 268 g/mol.